The lowest BCUT2D eigenvalue weighted by Crippen LogP contribution is -2.22. The van der Waals surface area contributed by atoms with E-state index in [0.29, 0.717) is 11.4 Å². The summed E-state index contributed by atoms with van der Waals surface area (Å²) in [6.45, 7) is 2.59. The number of rotatable bonds is 6. The lowest BCUT2D eigenvalue weighted by Gasteiger charge is -2.25. The summed E-state index contributed by atoms with van der Waals surface area (Å²) in [5.74, 6) is -0.153. The molecule has 130 valence electrons. The van der Waals surface area contributed by atoms with Crippen LogP contribution in [0.4, 0.5) is 4.39 Å². The van der Waals surface area contributed by atoms with Crippen molar-refractivity contribution in [3.8, 4) is 5.75 Å². The highest BCUT2D eigenvalue weighted by Gasteiger charge is 2.14. The fourth-order valence-corrected chi connectivity index (χ4v) is 3.11. The number of nitrogens with zero attached hydrogens (tertiary/aromatic N) is 1. The maximum absolute atomic E-state index is 13.8. The minimum absolute atomic E-state index is 0.0590. The summed E-state index contributed by atoms with van der Waals surface area (Å²) in [7, 11) is 0.186. The van der Waals surface area contributed by atoms with Crippen molar-refractivity contribution in [1.82, 2.24) is 4.90 Å². The minimum Gasteiger partial charge on any atom is -0.494 e. The zero-order valence-corrected chi connectivity index (χ0v) is 15.1. The molecule has 6 heteroatoms. The van der Waals surface area contributed by atoms with Gasteiger partial charge in [-0.15, -0.1) is 0 Å². The molecule has 0 aliphatic rings. The molecule has 4 nitrogen and oxygen atoms in total. The Hall–Kier alpha value is -1.92. The van der Waals surface area contributed by atoms with Crippen LogP contribution in [0.25, 0.3) is 0 Å². The van der Waals surface area contributed by atoms with E-state index < -0.39 is 9.84 Å². The van der Waals surface area contributed by atoms with E-state index >= 15 is 0 Å². The van der Waals surface area contributed by atoms with Gasteiger partial charge in [0.25, 0.3) is 0 Å². The number of ether oxygens (including phenoxy) is 1. The molecule has 2 aromatic rings. The Morgan fingerprint density at radius 1 is 1.17 bits per heavy atom. The summed E-state index contributed by atoms with van der Waals surface area (Å²) in [6, 6.07) is 11.8. The fourth-order valence-electron chi connectivity index (χ4n) is 2.48. The highest BCUT2D eigenvalue weighted by Crippen LogP contribution is 2.24. The molecule has 0 aliphatic carbocycles. The van der Waals surface area contributed by atoms with E-state index in [4.69, 9.17) is 4.74 Å². The zero-order chi connectivity index (χ0) is 17.9. The Morgan fingerprint density at radius 2 is 1.79 bits per heavy atom. The van der Waals surface area contributed by atoms with Gasteiger partial charge >= 0.3 is 0 Å². The van der Waals surface area contributed by atoms with Gasteiger partial charge in [0.2, 0.25) is 0 Å². The second-order valence-electron chi connectivity index (χ2n) is 5.90. The largest absolute Gasteiger partial charge is 0.494 e. The molecule has 0 fully saturated rings. The second kappa shape index (κ2) is 7.32. The first-order chi connectivity index (χ1) is 11.2. The van der Waals surface area contributed by atoms with Gasteiger partial charge in [-0.25, -0.2) is 12.8 Å². The number of sulfone groups is 1. The quantitative estimate of drug-likeness (QED) is 0.800. The summed E-state index contributed by atoms with van der Waals surface area (Å²) < 4.78 is 41.7. The van der Waals surface area contributed by atoms with Crippen molar-refractivity contribution in [2.75, 3.05) is 20.4 Å². The van der Waals surface area contributed by atoms with Gasteiger partial charge in [0.1, 0.15) is 0 Å². The van der Waals surface area contributed by atoms with E-state index in [1.165, 1.54) is 19.4 Å². The van der Waals surface area contributed by atoms with Crippen LogP contribution in [-0.2, 0) is 16.4 Å². The Labute approximate surface area is 142 Å². The third kappa shape index (κ3) is 4.33. The van der Waals surface area contributed by atoms with Crippen LogP contribution in [0.2, 0.25) is 0 Å². The van der Waals surface area contributed by atoms with Crippen molar-refractivity contribution in [2.45, 2.75) is 24.4 Å². The first-order valence-corrected chi connectivity index (χ1v) is 9.44. The van der Waals surface area contributed by atoms with E-state index in [1.807, 2.05) is 32.2 Å². The smallest absolute Gasteiger partial charge is 0.175 e. The van der Waals surface area contributed by atoms with E-state index in [1.54, 1.807) is 18.2 Å². The molecule has 1 atom stereocenters. The van der Waals surface area contributed by atoms with Crippen molar-refractivity contribution in [3.63, 3.8) is 0 Å². The number of benzene rings is 2. The van der Waals surface area contributed by atoms with Gasteiger partial charge in [0, 0.05) is 18.8 Å². The summed E-state index contributed by atoms with van der Waals surface area (Å²) in [6.07, 6.45) is 1.19. The SMILES string of the molecule is COc1ccc(CN(C)[C@@H](C)c2ccc(S(C)(=O)=O)cc2)cc1F. The number of hydrogen-bond acceptors (Lipinski definition) is 4. The highest BCUT2D eigenvalue weighted by molar-refractivity contribution is 7.90. The van der Waals surface area contributed by atoms with E-state index in [0.717, 1.165) is 11.1 Å². The monoisotopic (exact) mass is 351 g/mol. The van der Waals surface area contributed by atoms with E-state index in [9.17, 15) is 12.8 Å². The standard InChI is InChI=1S/C18H22FNO3S/c1-13(15-6-8-16(9-7-15)24(4,21)22)20(2)12-14-5-10-18(23-3)17(19)11-14/h5-11,13H,12H2,1-4H3/t13-/m0/s1. The van der Waals surface area contributed by atoms with Gasteiger partial charge in [-0.1, -0.05) is 18.2 Å². The molecule has 0 saturated heterocycles. The van der Waals surface area contributed by atoms with Crippen LogP contribution in [0.5, 0.6) is 5.75 Å². The predicted molar refractivity (Wildman–Crippen MR) is 92.4 cm³/mol. The first-order valence-electron chi connectivity index (χ1n) is 7.55. The Morgan fingerprint density at radius 3 is 2.29 bits per heavy atom. The summed E-state index contributed by atoms with van der Waals surface area (Å²) in [5.41, 5.74) is 1.84. The van der Waals surface area contributed by atoms with E-state index in [-0.39, 0.29) is 17.6 Å². The van der Waals surface area contributed by atoms with Gasteiger partial charge in [0.15, 0.2) is 21.4 Å². The van der Waals surface area contributed by atoms with Crippen LogP contribution >= 0.6 is 0 Å². The molecule has 24 heavy (non-hydrogen) atoms. The predicted octanol–water partition coefficient (Wildman–Crippen LogP) is 3.43. The lowest BCUT2D eigenvalue weighted by atomic mass is 10.1. The van der Waals surface area contributed by atoms with Crippen LogP contribution in [0.15, 0.2) is 47.4 Å². The lowest BCUT2D eigenvalue weighted by molar-refractivity contribution is 0.252. The molecule has 2 rings (SSSR count). The van der Waals surface area contributed by atoms with Gasteiger partial charge in [-0.2, -0.15) is 0 Å². The average molecular weight is 351 g/mol. The number of methoxy groups -OCH3 is 1. The van der Waals surface area contributed by atoms with Crippen LogP contribution in [0.1, 0.15) is 24.1 Å². The van der Waals surface area contributed by atoms with Crippen LogP contribution < -0.4 is 4.74 Å². The van der Waals surface area contributed by atoms with E-state index in [2.05, 4.69) is 4.90 Å². The third-order valence-corrected chi connectivity index (χ3v) is 5.23. The molecule has 0 bridgehead atoms. The molecular formula is C18H22FNO3S. The summed E-state index contributed by atoms with van der Waals surface area (Å²) in [5, 5.41) is 0. The molecule has 0 amide bonds. The maximum atomic E-state index is 13.8. The van der Waals surface area contributed by atoms with Crippen LogP contribution in [-0.4, -0.2) is 33.7 Å². The first kappa shape index (κ1) is 18.4. The maximum Gasteiger partial charge on any atom is 0.175 e. The van der Waals surface area contributed by atoms with Gasteiger partial charge in [0.05, 0.1) is 12.0 Å². The van der Waals surface area contributed by atoms with Crippen LogP contribution in [0, 0.1) is 5.82 Å². The second-order valence-corrected chi connectivity index (χ2v) is 7.92. The Balaban J connectivity index is 2.11. The average Bonchev–Trinajstić information content (AvgIpc) is 2.53. The van der Waals surface area contributed by atoms with Gasteiger partial charge in [-0.05, 0) is 49.4 Å². The molecule has 0 heterocycles. The Kier molecular flexibility index (Phi) is 5.62. The molecule has 0 radical (unpaired) electrons. The summed E-state index contributed by atoms with van der Waals surface area (Å²) in [4.78, 5) is 2.37. The van der Waals surface area contributed by atoms with Gasteiger partial charge < -0.3 is 4.74 Å². The molecule has 0 unspecified atom stereocenters. The van der Waals surface area contributed by atoms with Crippen molar-refractivity contribution in [2.24, 2.45) is 0 Å². The van der Waals surface area contributed by atoms with Crippen molar-refractivity contribution in [3.05, 3.63) is 59.4 Å². The third-order valence-electron chi connectivity index (χ3n) is 4.10. The number of hydrogen-bond donors (Lipinski definition) is 0. The molecular weight excluding hydrogens is 329 g/mol. The summed E-state index contributed by atoms with van der Waals surface area (Å²) >= 11 is 0. The highest BCUT2D eigenvalue weighted by atomic mass is 32.2. The number of halogens is 1. The fraction of sp³-hybridized carbons (Fsp3) is 0.333. The van der Waals surface area contributed by atoms with Gasteiger partial charge in [-0.3, -0.25) is 4.90 Å². The topological polar surface area (TPSA) is 46.6 Å². The van der Waals surface area contributed by atoms with Crippen molar-refractivity contribution >= 4 is 9.84 Å². The molecule has 0 aromatic heterocycles. The minimum atomic E-state index is -3.19. The normalized spacial score (nSPS) is 13.1. The molecule has 0 spiro atoms. The van der Waals surface area contributed by atoms with Crippen molar-refractivity contribution < 1.29 is 17.5 Å². The Bertz CT molecular complexity index is 804. The molecule has 0 N–H and O–H groups in total. The molecule has 0 saturated carbocycles. The zero-order valence-electron chi connectivity index (χ0n) is 14.3. The van der Waals surface area contributed by atoms with Crippen molar-refractivity contribution in [1.29, 1.82) is 0 Å². The van der Waals surface area contributed by atoms with Crippen LogP contribution in [0.3, 0.4) is 0 Å². The molecule has 0 aliphatic heterocycles. The molecule has 2 aromatic carbocycles.